The van der Waals surface area contributed by atoms with Crippen molar-refractivity contribution in [3.05, 3.63) is 59.2 Å². The quantitative estimate of drug-likeness (QED) is 0.498. The third-order valence-corrected chi connectivity index (χ3v) is 5.14. The zero-order valence-electron chi connectivity index (χ0n) is 15.5. The van der Waals surface area contributed by atoms with Gasteiger partial charge in [-0.1, -0.05) is 29.3 Å². The maximum Gasteiger partial charge on any atom is 0.262 e. The number of benzene rings is 2. The van der Waals surface area contributed by atoms with Crippen molar-refractivity contribution in [2.45, 2.75) is 19.4 Å². The molecule has 2 amide bonds. The lowest BCUT2D eigenvalue weighted by atomic mass is 10.0. The molecule has 0 aliphatic carbocycles. The second-order valence-electron chi connectivity index (χ2n) is 6.18. The Bertz CT molecular complexity index is 894. The van der Waals surface area contributed by atoms with Gasteiger partial charge in [0.15, 0.2) is 11.5 Å². The molecule has 0 aromatic heterocycles. The SMILES string of the molecule is CCOc1cc(C(CCS(=O)[O-])N2C(=O)c3ccccc3C2=O)ccc1OC. The topological polar surface area (TPSA) is 96.0 Å². The van der Waals surface area contributed by atoms with Crippen LogP contribution in [0.2, 0.25) is 0 Å². The lowest BCUT2D eigenvalue weighted by Crippen LogP contribution is -2.35. The molecule has 2 unspecified atom stereocenters. The number of carbonyl (C=O) groups is 2. The van der Waals surface area contributed by atoms with Crippen LogP contribution in [-0.4, -0.2) is 44.9 Å². The number of carbonyl (C=O) groups excluding carboxylic acids is 2. The molecule has 0 fully saturated rings. The maximum atomic E-state index is 12.9. The average molecular weight is 402 g/mol. The van der Waals surface area contributed by atoms with Crippen molar-refractivity contribution >= 4 is 22.9 Å². The minimum Gasteiger partial charge on any atom is -0.772 e. The molecule has 8 heteroatoms. The van der Waals surface area contributed by atoms with E-state index in [0.29, 0.717) is 34.8 Å². The van der Waals surface area contributed by atoms with Gasteiger partial charge >= 0.3 is 0 Å². The maximum absolute atomic E-state index is 12.9. The molecule has 28 heavy (non-hydrogen) atoms. The standard InChI is InChI=1S/C20H21NO6S/c1-3-27-18-12-13(8-9-17(18)26-2)16(10-11-28(24)25)21-19(22)14-6-4-5-7-15(14)20(21)23/h4-9,12,16H,3,10-11H2,1-2H3,(H,24,25)/p-1. The van der Waals surface area contributed by atoms with Gasteiger partial charge in [-0.15, -0.1) is 0 Å². The summed E-state index contributed by atoms with van der Waals surface area (Å²) in [4.78, 5) is 26.9. The van der Waals surface area contributed by atoms with Gasteiger partial charge in [0.25, 0.3) is 11.8 Å². The van der Waals surface area contributed by atoms with Crippen LogP contribution < -0.4 is 9.47 Å². The smallest absolute Gasteiger partial charge is 0.262 e. The van der Waals surface area contributed by atoms with Gasteiger partial charge in [-0.3, -0.25) is 18.7 Å². The Morgan fingerprint density at radius 2 is 1.71 bits per heavy atom. The molecule has 0 bridgehead atoms. The first kappa shape index (κ1) is 20.0. The van der Waals surface area contributed by atoms with Crippen molar-refractivity contribution in [2.24, 2.45) is 0 Å². The van der Waals surface area contributed by atoms with Gasteiger partial charge in [-0.05, 0) is 43.2 Å². The van der Waals surface area contributed by atoms with E-state index in [-0.39, 0.29) is 12.2 Å². The predicted molar refractivity (Wildman–Crippen MR) is 102 cm³/mol. The van der Waals surface area contributed by atoms with Crippen LogP contribution in [0.15, 0.2) is 42.5 Å². The van der Waals surface area contributed by atoms with Gasteiger partial charge in [0.1, 0.15) is 0 Å². The summed E-state index contributed by atoms with van der Waals surface area (Å²) in [5, 5.41) is 0. The van der Waals surface area contributed by atoms with Crippen LogP contribution in [0.4, 0.5) is 0 Å². The Kier molecular flexibility index (Phi) is 6.11. The second kappa shape index (κ2) is 8.53. The molecule has 3 rings (SSSR count). The van der Waals surface area contributed by atoms with Crippen LogP contribution in [0.5, 0.6) is 11.5 Å². The Hall–Kier alpha value is -2.71. The van der Waals surface area contributed by atoms with Crippen LogP contribution in [0.1, 0.15) is 45.7 Å². The Morgan fingerprint density at radius 1 is 1.07 bits per heavy atom. The summed E-state index contributed by atoms with van der Waals surface area (Å²) in [6.07, 6.45) is 0.0828. The van der Waals surface area contributed by atoms with E-state index in [1.165, 1.54) is 7.11 Å². The predicted octanol–water partition coefficient (Wildman–Crippen LogP) is 2.70. The zero-order valence-corrected chi connectivity index (χ0v) is 16.4. The van der Waals surface area contributed by atoms with Gasteiger partial charge in [0, 0.05) is 5.75 Å². The highest BCUT2D eigenvalue weighted by molar-refractivity contribution is 7.79. The molecule has 2 aromatic rings. The molecule has 1 aliphatic rings. The van der Waals surface area contributed by atoms with Gasteiger partial charge in [-0.25, -0.2) is 0 Å². The number of fused-ring (bicyclic) bond motifs is 1. The van der Waals surface area contributed by atoms with Crippen LogP contribution in [0, 0.1) is 0 Å². The fraction of sp³-hybridized carbons (Fsp3) is 0.300. The van der Waals surface area contributed by atoms with E-state index in [9.17, 15) is 18.4 Å². The molecule has 0 radical (unpaired) electrons. The molecular weight excluding hydrogens is 382 g/mol. The highest BCUT2D eigenvalue weighted by Crippen LogP contribution is 2.37. The lowest BCUT2D eigenvalue weighted by Gasteiger charge is -2.27. The summed E-state index contributed by atoms with van der Waals surface area (Å²) < 4.78 is 33.2. The van der Waals surface area contributed by atoms with E-state index in [1.807, 2.05) is 6.92 Å². The molecule has 0 N–H and O–H groups in total. The number of rotatable bonds is 8. The van der Waals surface area contributed by atoms with Crippen molar-refractivity contribution in [1.82, 2.24) is 4.90 Å². The van der Waals surface area contributed by atoms with E-state index in [1.54, 1.807) is 42.5 Å². The van der Waals surface area contributed by atoms with Crippen LogP contribution >= 0.6 is 0 Å². The first-order chi connectivity index (χ1) is 13.5. The van der Waals surface area contributed by atoms with E-state index in [0.717, 1.165) is 4.90 Å². The summed E-state index contributed by atoms with van der Waals surface area (Å²) in [6, 6.07) is 10.9. The van der Waals surface area contributed by atoms with Crippen molar-refractivity contribution < 1.29 is 27.8 Å². The largest absolute Gasteiger partial charge is 0.772 e. The molecule has 0 saturated heterocycles. The van der Waals surface area contributed by atoms with Crippen molar-refractivity contribution in [2.75, 3.05) is 19.5 Å². The lowest BCUT2D eigenvalue weighted by molar-refractivity contribution is 0.0577. The van der Waals surface area contributed by atoms with E-state index < -0.39 is 28.9 Å². The van der Waals surface area contributed by atoms with E-state index >= 15 is 0 Å². The number of imide groups is 1. The minimum atomic E-state index is -2.30. The second-order valence-corrected chi connectivity index (χ2v) is 7.20. The average Bonchev–Trinajstić information content (AvgIpc) is 2.94. The Labute approximate surface area is 165 Å². The first-order valence-corrected chi connectivity index (χ1v) is 10.1. The number of ether oxygens (including phenoxy) is 2. The third kappa shape index (κ3) is 3.79. The molecule has 0 spiro atoms. The summed E-state index contributed by atoms with van der Waals surface area (Å²) in [7, 11) is 1.51. The molecule has 2 atom stereocenters. The summed E-state index contributed by atoms with van der Waals surface area (Å²) in [5.41, 5.74) is 1.24. The molecule has 0 saturated carbocycles. The van der Waals surface area contributed by atoms with Gasteiger partial charge in [0.2, 0.25) is 0 Å². The molecule has 1 heterocycles. The van der Waals surface area contributed by atoms with Gasteiger partial charge in [-0.2, -0.15) is 0 Å². The number of methoxy groups -OCH3 is 1. The van der Waals surface area contributed by atoms with Crippen molar-refractivity contribution in [3.8, 4) is 11.5 Å². The normalized spacial score (nSPS) is 15.3. The highest BCUT2D eigenvalue weighted by atomic mass is 32.2. The van der Waals surface area contributed by atoms with Crippen LogP contribution in [-0.2, 0) is 11.1 Å². The molecule has 7 nitrogen and oxygen atoms in total. The Morgan fingerprint density at radius 3 is 2.25 bits per heavy atom. The first-order valence-electron chi connectivity index (χ1n) is 8.81. The number of nitrogens with zero attached hydrogens (tertiary/aromatic N) is 1. The van der Waals surface area contributed by atoms with E-state index in [2.05, 4.69) is 0 Å². The molecule has 2 aromatic carbocycles. The Balaban J connectivity index is 2.03. The van der Waals surface area contributed by atoms with Crippen LogP contribution in [0.25, 0.3) is 0 Å². The van der Waals surface area contributed by atoms with Gasteiger partial charge < -0.3 is 14.0 Å². The van der Waals surface area contributed by atoms with E-state index in [4.69, 9.17) is 9.47 Å². The number of hydrogen-bond acceptors (Lipinski definition) is 6. The van der Waals surface area contributed by atoms with Gasteiger partial charge in [0.05, 0.1) is 30.9 Å². The van der Waals surface area contributed by atoms with Crippen molar-refractivity contribution in [3.63, 3.8) is 0 Å². The third-order valence-electron chi connectivity index (χ3n) is 4.57. The number of hydrogen-bond donors (Lipinski definition) is 0. The monoisotopic (exact) mass is 402 g/mol. The molecule has 148 valence electrons. The molecule has 1 aliphatic heterocycles. The van der Waals surface area contributed by atoms with Crippen molar-refractivity contribution in [1.29, 1.82) is 0 Å². The highest BCUT2D eigenvalue weighted by Gasteiger charge is 2.40. The fourth-order valence-corrected chi connectivity index (χ4v) is 3.73. The minimum absolute atomic E-state index is 0.0828. The summed E-state index contributed by atoms with van der Waals surface area (Å²) >= 11 is -2.30. The summed E-state index contributed by atoms with van der Waals surface area (Å²) in [5.74, 6) is -0.0766. The summed E-state index contributed by atoms with van der Waals surface area (Å²) in [6.45, 7) is 2.23. The zero-order chi connectivity index (χ0) is 20.3. The number of amides is 2. The van der Waals surface area contributed by atoms with Crippen LogP contribution in [0.3, 0.4) is 0 Å². The fourth-order valence-electron chi connectivity index (χ4n) is 3.31. The molecular formula is C20H20NO6S-.